The van der Waals surface area contributed by atoms with E-state index in [0.29, 0.717) is 5.82 Å². The molecule has 2 rings (SSSR count). The van der Waals surface area contributed by atoms with Crippen LogP contribution in [-0.2, 0) is 11.2 Å². The number of hydrogen-bond acceptors (Lipinski definition) is 5. The zero-order valence-electron chi connectivity index (χ0n) is 12.4. The Labute approximate surface area is 119 Å². The van der Waals surface area contributed by atoms with E-state index in [1.807, 2.05) is 6.92 Å². The molecule has 3 N–H and O–H groups in total. The van der Waals surface area contributed by atoms with Crippen molar-refractivity contribution in [2.45, 2.75) is 46.1 Å². The quantitative estimate of drug-likeness (QED) is 0.859. The van der Waals surface area contributed by atoms with Crippen LogP contribution in [0.15, 0.2) is 0 Å². The van der Waals surface area contributed by atoms with E-state index < -0.39 is 0 Å². The van der Waals surface area contributed by atoms with Gasteiger partial charge in [0.2, 0.25) is 5.91 Å². The molecule has 1 aliphatic heterocycles. The minimum Gasteiger partial charge on any atom is -0.383 e. The minimum atomic E-state index is 0.0162. The lowest BCUT2D eigenvalue weighted by atomic mass is 10.2. The second-order valence-corrected chi connectivity index (χ2v) is 5.36. The molecule has 1 saturated heterocycles. The number of nitrogen functional groups attached to an aromatic ring is 1. The molecule has 1 fully saturated rings. The summed E-state index contributed by atoms with van der Waals surface area (Å²) >= 11 is 0. The van der Waals surface area contributed by atoms with Crippen molar-refractivity contribution in [3.63, 3.8) is 0 Å². The van der Waals surface area contributed by atoms with Crippen LogP contribution in [0.5, 0.6) is 0 Å². The molecule has 0 radical (unpaired) electrons. The first-order chi connectivity index (χ1) is 9.51. The molecule has 1 unspecified atom stereocenters. The zero-order valence-corrected chi connectivity index (χ0v) is 12.4. The molecular formula is C14H23N5O. The summed E-state index contributed by atoms with van der Waals surface area (Å²) in [5.74, 6) is 2.28. The van der Waals surface area contributed by atoms with Gasteiger partial charge in [-0.25, -0.2) is 9.97 Å². The maximum absolute atomic E-state index is 11.1. The summed E-state index contributed by atoms with van der Waals surface area (Å²) in [7, 11) is 0. The predicted octanol–water partition coefficient (Wildman–Crippen LogP) is 1.03. The number of nitrogens with two attached hydrogens (primary N) is 1. The summed E-state index contributed by atoms with van der Waals surface area (Å²) in [5.41, 5.74) is 6.91. The molecule has 20 heavy (non-hydrogen) atoms. The van der Waals surface area contributed by atoms with Crippen LogP contribution in [0, 0.1) is 6.92 Å². The van der Waals surface area contributed by atoms with Crippen LogP contribution in [0.4, 0.5) is 11.6 Å². The van der Waals surface area contributed by atoms with Gasteiger partial charge < -0.3 is 16.0 Å². The fraction of sp³-hybridized carbons (Fsp3) is 0.643. The van der Waals surface area contributed by atoms with Gasteiger partial charge in [-0.3, -0.25) is 4.79 Å². The van der Waals surface area contributed by atoms with E-state index in [0.717, 1.165) is 49.6 Å². The Morgan fingerprint density at radius 3 is 2.90 bits per heavy atom. The molecule has 1 aromatic rings. The molecule has 0 spiro atoms. The Hall–Kier alpha value is -1.85. The van der Waals surface area contributed by atoms with E-state index in [4.69, 9.17) is 5.73 Å². The Bertz CT molecular complexity index is 503. The van der Waals surface area contributed by atoms with Crippen LogP contribution >= 0.6 is 0 Å². The van der Waals surface area contributed by atoms with Crippen molar-refractivity contribution in [1.82, 2.24) is 15.3 Å². The summed E-state index contributed by atoms with van der Waals surface area (Å²) < 4.78 is 0. The van der Waals surface area contributed by atoms with E-state index in [1.54, 1.807) is 6.92 Å². The maximum Gasteiger partial charge on any atom is 0.217 e. The number of carbonyl (C=O) groups is 1. The molecule has 2 heterocycles. The SMILES string of the molecule is CCCc1nc(N)c(C)c(N2CCC(NC(C)=O)C2)n1. The molecule has 0 aliphatic carbocycles. The summed E-state index contributed by atoms with van der Waals surface area (Å²) in [6.07, 6.45) is 2.77. The summed E-state index contributed by atoms with van der Waals surface area (Å²) in [4.78, 5) is 22.3. The first-order valence-corrected chi connectivity index (χ1v) is 7.16. The average molecular weight is 277 g/mol. The predicted molar refractivity (Wildman–Crippen MR) is 79.6 cm³/mol. The van der Waals surface area contributed by atoms with E-state index >= 15 is 0 Å². The Kier molecular flexibility index (Phi) is 4.42. The summed E-state index contributed by atoms with van der Waals surface area (Å²) in [5, 5.41) is 2.96. The van der Waals surface area contributed by atoms with Crippen molar-refractivity contribution in [1.29, 1.82) is 0 Å². The Morgan fingerprint density at radius 1 is 1.50 bits per heavy atom. The highest BCUT2D eigenvalue weighted by Gasteiger charge is 2.26. The lowest BCUT2D eigenvalue weighted by molar-refractivity contribution is -0.119. The molecule has 0 bridgehead atoms. The monoisotopic (exact) mass is 277 g/mol. The summed E-state index contributed by atoms with van der Waals surface area (Å²) in [6, 6.07) is 0.192. The van der Waals surface area contributed by atoms with Gasteiger partial charge in [0, 0.05) is 38.0 Å². The molecule has 6 nitrogen and oxygen atoms in total. The number of anilines is 2. The number of carbonyl (C=O) groups excluding carboxylic acids is 1. The zero-order chi connectivity index (χ0) is 14.7. The van der Waals surface area contributed by atoms with Gasteiger partial charge in [0.15, 0.2) is 0 Å². The highest BCUT2D eigenvalue weighted by Crippen LogP contribution is 2.25. The van der Waals surface area contributed by atoms with Gasteiger partial charge in [0.25, 0.3) is 0 Å². The second kappa shape index (κ2) is 6.07. The second-order valence-electron chi connectivity index (χ2n) is 5.36. The molecule has 1 aromatic heterocycles. The van der Waals surface area contributed by atoms with Crippen molar-refractivity contribution < 1.29 is 4.79 Å². The molecule has 1 aliphatic rings. The van der Waals surface area contributed by atoms with Gasteiger partial charge in [-0.2, -0.15) is 0 Å². The fourth-order valence-electron chi connectivity index (χ4n) is 2.57. The van der Waals surface area contributed by atoms with E-state index in [-0.39, 0.29) is 11.9 Å². The number of nitrogens with one attached hydrogen (secondary N) is 1. The number of aryl methyl sites for hydroxylation is 1. The van der Waals surface area contributed by atoms with Crippen molar-refractivity contribution in [2.24, 2.45) is 0 Å². The van der Waals surface area contributed by atoms with Crippen molar-refractivity contribution in [2.75, 3.05) is 23.7 Å². The first-order valence-electron chi connectivity index (χ1n) is 7.16. The molecule has 1 atom stereocenters. The first kappa shape index (κ1) is 14.6. The third-order valence-corrected chi connectivity index (χ3v) is 3.57. The fourth-order valence-corrected chi connectivity index (χ4v) is 2.57. The molecular weight excluding hydrogens is 254 g/mol. The maximum atomic E-state index is 11.1. The van der Waals surface area contributed by atoms with Crippen LogP contribution in [0.25, 0.3) is 0 Å². The summed E-state index contributed by atoms with van der Waals surface area (Å²) in [6.45, 7) is 7.26. The number of rotatable bonds is 4. The average Bonchev–Trinajstić information content (AvgIpc) is 2.81. The van der Waals surface area contributed by atoms with Gasteiger partial charge >= 0.3 is 0 Å². The van der Waals surface area contributed by atoms with E-state index in [9.17, 15) is 4.79 Å². The molecule has 0 aromatic carbocycles. The van der Waals surface area contributed by atoms with E-state index in [2.05, 4.69) is 27.1 Å². The Balaban J connectivity index is 2.18. The van der Waals surface area contributed by atoms with Crippen molar-refractivity contribution in [3.8, 4) is 0 Å². The third kappa shape index (κ3) is 3.18. The number of amides is 1. The van der Waals surface area contributed by atoms with Crippen LogP contribution < -0.4 is 16.0 Å². The van der Waals surface area contributed by atoms with Gasteiger partial charge in [0.05, 0.1) is 0 Å². The van der Waals surface area contributed by atoms with Crippen LogP contribution in [0.2, 0.25) is 0 Å². The lowest BCUT2D eigenvalue weighted by Gasteiger charge is -2.21. The highest BCUT2D eigenvalue weighted by atomic mass is 16.1. The molecule has 110 valence electrons. The molecule has 6 heteroatoms. The van der Waals surface area contributed by atoms with Crippen LogP contribution in [0.1, 0.15) is 38.1 Å². The largest absolute Gasteiger partial charge is 0.383 e. The number of hydrogen-bond donors (Lipinski definition) is 2. The highest BCUT2D eigenvalue weighted by molar-refractivity contribution is 5.73. The van der Waals surface area contributed by atoms with Gasteiger partial charge in [-0.15, -0.1) is 0 Å². The minimum absolute atomic E-state index is 0.0162. The lowest BCUT2D eigenvalue weighted by Crippen LogP contribution is -2.36. The van der Waals surface area contributed by atoms with Gasteiger partial charge in [-0.05, 0) is 19.8 Å². The third-order valence-electron chi connectivity index (χ3n) is 3.57. The van der Waals surface area contributed by atoms with Crippen molar-refractivity contribution >= 4 is 17.5 Å². The van der Waals surface area contributed by atoms with Gasteiger partial charge in [-0.1, -0.05) is 6.92 Å². The van der Waals surface area contributed by atoms with Crippen LogP contribution in [-0.4, -0.2) is 35.0 Å². The molecule has 0 saturated carbocycles. The van der Waals surface area contributed by atoms with Crippen molar-refractivity contribution in [3.05, 3.63) is 11.4 Å². The van der Waals surface area contributed by atoms with E-state index in [1.165, 1.54) is 0 Å². The smallest absolute Gasteiger partial charge is 0.217 e. The standard InChI is InChI=1S/C14H23N5O/c1-4-5-12-17-13(15)9(2)14(18-12)19-7-6-11(8-19)16-10(3)20/h11H,4-8H2,1-3H3,(H,16,20)(H2,15,17,18). The Morgan fingerprint density at radius 2 is 2.25 bits per heavy atom. The molecule has 1 amide bonds. The number of nitrogens with zero attached hydrogens (tertiary/aromatic N) is 3. The van der Waals surface area contributed by atoms with Gasteiger partial charge in [0.1, 0.15) is 17.5 Å². The number of aromatic nitrogens is 2. The van der Waals surface area contributed by atoms with Crippen LogP contribution in [0.3, 0.4) is 0 Å². The topological polar surface area (TPSA) is 84.1 Å². The normalized spacial score (nSPS) is 18.4.